The van der Waals surface area contributed by atoms with Crippen molar-refractivity contribution in [1.82, 2.24) is 5.32 Å². The third kappa shape index (κ3) is 38.5. The molecule has 0 aliphatic rings. The summed E-state index contributed by atoms with van der Waals surface area (Å²) < 4.78 is 23.1. The molecule has 0 aliphatic heterocycles. The number of rotatable bonds is 38. The molecule has 0 spiro atoms. The number of nitrogens with zero attached hydrogens (tertiary/aromatic N) is 1. The number of quaternary nitrogens is 1. The van der Waals surface area contributed by atoms with Crippen LogP contribution in [0.15, 0.2) is 48.6 Å². The van der Waals surface area contributed by atoms with Gasteiger partial charge in [-0.1, -0.05) is 165 Å². The Kier molecular flexibility index (Phi) is 35.1. The predicted octanol–water partition coefficient (Wildman–Crippen LogP) is 11.1. The number of likely N-dealkylation sites (N-methyl/N-ethyl adjacent to an activating group) is 1. The molecule has 0 radical (unpaired) electrons. The van der Waals surface area contributed by atoms with Crippen molar-refractivity contribution in [3.8, 4) is 0 Å². The van der Waals surface area contributed by atoms with Crippen LogP contribution >= 0.6 is 7.82 Å². The van der Waals surface area contributed by atoms with E-state index in [4.69, 9.17) is 9.05 Å². The number of aliphatic hydroxyl groups is 1. The van der Waals surface area contributed by atoms with E-state index in [1.54, 1.807) is 0 Å². The average Bonchev–Trinajstić information content (AvgIpc) is 3.10. The average molecular weight is 767 g/mol. The zero-order valence-electron chi connectivity index (χ0n) is 35.0. The van der Waals surface area contributed by atoms with Gasteiger partial charge in [0.15, 0.2) is 0 Å². The van der Waals surface area contributed by atoms with E-state index in [9.17, 15) is 19.4 Å². The minimum atomic E-state index is -4.57. The van der Waals surface area contributed by atoms with Gasteiger partial charge in [-0.3, -0.25) is 9.36 Å². The molecular weight excluding hydrogens is 683 g/mol. The SMILES string of the molecule is CCCCCCCCC/C=C/C/C=C/C/C=C/C/C=C/CCCC(=O)N[C@@H](COP(=O)([O-])OCC[N+](C)(C)C)[C@H](O)CCCCCCCCCCCC. The van der Waals surface area contributed by atoms with Gasteiger partial charge in [0.05, 0.1) is 39.9 Å². The second-order valence-corrected chi connectivity index (χ2v) is 17.1. The number of aliphatic hydroxyl groups excluding tert-OH is 1. The molecule has 0 aromatic heterocycles. The summed E-state index contributed by atoms with van der Waals surface area (Å²) in [5.74, 6) is -0.222. The van der Waals surface area contributed by atoms with E-state index in [0.717, 1.165) is 44.9 Å². The Morgan fingerprint density at radius 3 is 1.58 bits per heavy atom. The molecule has 0 aromatic rings. The number of hydrogen-bond acceptors (Lipinski definition) is 6. The Bertz CT molecular complexity index is 1010. The van der Waals surface area contributed by atoms with E-state index in [0.29, 0.717) is 23.9 Å². The number of unbranched alkanes of at least 4 members (excludes halogenated alkanes) is 17. The number of nitrogens with one attached hydrogen (secondary N) is 1. The second-order valence-electron chi connectivity index (χ2n) is 15.7. The van der Waals surface area contributed by atoms with Gasteiger partial charge in [0, 0.05) is 6.42 Å². The third-order valence-electron chi connectivity index (χ3n) is 9.32. The summed E-state index contributed by atoms with van der Waals surface area (Å²) in [6.45, 7) is 4.64. The number of carbonyl (C=O) groups excluding carboxylic acids is 1. The molecule has 0 saturated carbocycles. The molecule has 9 heteroatoms. The fourth-order valence-electron chi connectivity index (χ4n) is 5.85. The maximum Gasteiger partial charge on any atom is 0.268 e. The molecule has 310 valence electrons. The van der Waals surface area contributed by atoms with Crippen molar-refractivity contribution in [1.29, 1.82) is 0 Å². The highest BCUT2D eigenvalue weighted by Crippen LogP contribution is 2.38. The molecule has 8 nitrogen and oxygen atoms in total. The van der Waals surface area contributed by atoms with Crippen LogP contribution < -0.4 is 10.2 Å². The summed E-state index contributed by atoms with van der Waals surface area (Å²) in [5.41, 5.74) is 0. The van der Waals surface area contributed by atoms with Crippen LogP contribution in [0.2, 0.25) is 0 Å². The molecule has 0 fully saturated rings. The molecule has 0 saturated heterocycles. The Balaban J connectivity index is 4.44. The second kappa shape index (κ2) is 36.1. The first kappa shape index (κ1) is 51.5. The molecule has 53 heavy (non-hydrogen) atoms. The van der Waals surface area contributed by atoms with Gasteiger partial charge < -0.3 is 28.8 Å². The zero-order valence-corrected chi connectivity index (χ0v) is 35.8. The van der Waals surface area contributed by atoms with E-state index in [1.165, 1.54) is 96.3 Å². The molecule has 0 heterocycles. The Morgan fingerprint density at radius 1 is 0.660 bits per heavy atom. The van der Waals surface area contributed by atoms with Crippen LogP contribution in [0.5, 0.6) is 0 Å². The molecule has 0 aliphatic carbocycles. The minimum Gasteiger partial charge on any atom is -0.756 e. The van der Waals surface area contributed by atoms with Crippen LogP contribution in [0.25, 0.3) is 0 Å². The predicted molar refractivity (Wildman–Crippen MR) is 224 cm³/mol. The van der Waals surface area contributed by atoms with Gasteiger partial charge in [0.2, 0.25) is 5.91 Å². The van der Waals surface area contributed by atoms with Crippen LogP contribution in [0.3, 0.4) is 0 Å². The summed E-state index contributed by atoms with van der Waals surface area (Å²) in [4.78, 5) is 25.2. The zero-order chi connectivity index (χ0) is 39.3. The highest BCUT2D eigenvalue weighted by molar-refractivity contribution is 7.45. The fourth-order valence-corrected chi connectivity index (χ4v) is 6.58. The Morgan fingerprint density at radius 2 is 1.09 bits per heavy atom. The summed E-state index contributed by atoms with van der Waals surface area (Å²) in [5, 5.41) is 13.8. The largest absolute Gasteiger partial charge is 0.756 e. The number of phosphoric ester groups is 1. The van der Waals surface area contributed by atoms with Gasteiger partial charge in [-0.05, 0) is 51.4 Å². The van der Waals surface area contributed by atoms with Crippen molar-refractivity contribution < 1.29 is 32.9 Å². The lowest BCUT2D eigenvalue weighted by atomic mass is 10.0. The van der Waals surface area contributed by atoms with E-state index < -0.39 is 20.0 Å². The van der Waals surface area contributed by atoms with E-state index in [1.807, 2.05) is 21.1 Å². The first-order valence-corrected chi connectivity index (χ1v) is 22.9. The monoisotopic (exact) mass is 767 g/mol. The van der Waals surface area contributed by atoms with Gasteiger partial charge in [-0.25, -0.2) is 0 Å². The van der Waals surface area contributed by atoms with Crippen molar-refractivity contribution in [3.63, 3.8) is 0 Å². The summed E-state index contributed by atoms with van der Waals surface area (Å²) >= 11 is 0. The van der Waals surface area contributed by atoms with Gasteiger partial charge >= 0.3 is 0 Å². The van der Waals surface area contributed by atoms with Gasteiger partial charge in [-0.2, -0.15) is 0 Å². The van der Waals surface area contributed by atoms with Crippen LogP contribution in [-0.4, -0.2) is 68.5 Å². The number of phosphoric acid groups is 1. The molecule has 2 N–H and O–H groups in total. The number of allylic oxidation sites excluding steroid dienone is 8. The first-order chi connectivity index (χ1) is 25.5. The van der Waals surface area contributed by atoms with Gasteiger partial charge in [-0.15, -0.1) is 0 Å². The lowest BCUT2D eigenvalue weighted by molar-refractivity contribution is -0.870. The maximum atomic E-state index is 12.8. The smallest absolute Gasteiger partial charge is 0.268 e. The van der Waals surface area contributed by atoms with Gasteiger partial charge in [0.1, 0.15) is 13.2 Å². The van der Waals surface area contributed by atoms with Crippen LogP contribution in [0.4, 0.5) is 0 Å². The number of amides is 1. The van der Waals surface area contributed by atoms with Crippen molar-refractivity contribution >= 4 is 13.7 Å². The molecular formula is C44H83N2O6P. The molecule has 0 aromatic carbocycles. The van der Waals surface area contributed by atoms with Crippen molar-refractivity contribution in [2.75, 3.05) is 40.9 Å². The quantitative estimate of drug-likeness (QED) is 0.0280. The van der Waals surface area contributed by atoms with Crippen molar-refractivity contribution in [2.45, 2.75) is 187 Å². The summed E-state index contributed by atoms with van der Waals surface area (Å²) in [6.07, 6.45) is 44.1. The topological polar surface area (TPSA) is 108 Å². The number of carbonyl (C=O) groups is 1. The minimum absolute atomic E-state index is 0.000109. The van der Waals surface area contributed by atoms with Crippen LogP contribution in [-0.2, 0) is 18.4 Å². The molecule has 1 unspecified atom stereocenters. The van der Waals surface area contributed by atoms with Crippen LogP contribution in [0.1, 0.15) is 174 Å². The molecule has 3 atom stereocenters. The number of hydrogen-bond donors (Lipinski definition) is 2. The molecule has 0 rings (SSSR count). The van der Waals surface area contributed by atoms with Crippen LogP contribution in [0, 0.1) is 0 Å². The summed E-state index contributed by atoms with van der Waals surface area (Å²) in [6, 6.07) is -0.828. The standard InChI is InChI=1S/C44H83N2O6P/c1-6-8-10-12-14-16-18-19-20-21-22-23-24-25-26-27-28-30-32-34-36-38-44(48)45-42(41-52-53(49,50)51-40-39-46(3,4)5)43(47)37-35-33-31-29-17-15-13-11-9-7-2/h20-21,23-24,26-27,30,32,42-43,47H,6-19,22,25,28-29,31,33-41H2,1-5H3,(H-,45,48,49,50)/b21-20+,24-23+,27-26+,32-30+/t42-,43+/m0/s1. The van der Waals surface area contributed by atoms with Gasteiger partial charge in [0.25, 0.3) is 7.82 Å². The fraction of sp³-hybridized carbons (Fsp3) is 0.795. The van der Waals surface area contributed by atoms with Crippen molar-refractivity contribution in [2.24, 2.45) is 0 Å². The summed E-state index contributed by atoms with van der Waals surface area (Å²) in [7, 11) is 1.26. The van der Waals surface area contributed by atoms with Crippen molar-refractivity contribution in [3.05, 3.63) is 48.6 Å². The van der Waals surface area contributed by atoms with E-state index in [2.05, 4.69) is 67.8 Å². The van der Waals surface area contributed by atoms with E-state index in [-0.39, 0.29) is 25.5 Å². The molecule has 0 bridgehead atoms. The maximum absolute atomic E-state index is 12.8. The van der Waals surface area contributed by atoms with E-state index >= 15 is 0 Å². The Hall–Kier alpha value is -1.54. The normalized spacial score (nSPS) is 14.9. The highest BCUT2D eigenvalue weighted by atomic mass is 31.2. The lowest BCUT2D eigenvalue weighted by Gasteiger charge is -2.30. The molecule has 1 amide bonds. The Labute approximate surface area is 327 Å². The highest BCUT2D eigenvalue weighted by Gasteiger charge is 2.24. The first-order valence-electron chi connectivity index (χ1n) is 21.5. The lowest BCUT2D eigenvalue weighted by Crippen LogP contribution is -2.46. The third-order valence-corrected chi connectivity index (χ3v) is 10.3.